The highest BCUT2D eigenvalue weighted by Crippen LogP contribution is 2.15. The fraction of sp³-hybridized carbons (Fsp3) is 0.938. The second kappa shape index (κ2) is 8.16. The summed E-state index contributed by atoms with van der Waals surface area (Å²) in [6.45, 7) is 12.0. The van der Waals surface area contributed by atoms with Crippen LogP contribution < -0.4 is 5.32 Å². The highest BCUT2D eigenvalue weighted by molar-refractivity contribution is 7.99. The lowest BCUT2D eigenvalue weighted by atomic mass is 10.2. The van der Waals surface area contributed by atoms with Gasteiger partial charge in [-0.3, -0.25) is 19.9 Å². The lowest BCUT2D eigenvalue weighted by Crippen LogP contribution is -2.56. The second-order valence-corrected chi connectivity index (χ2v) is 8.01. The molecule has 1 N–H and O–H groups in total. The molecule has 0 radical (unpaired) electrons. The van der Waals surface area contributed by atoms with Crippen molar-refractivity contribution in [2.75, 3.05) is 64.0 Å². The first-order valence-electron chi connectivity index (χ1n) is 8.81. The minimum absolute atomic E-state index is 0.0350. The normalized spacial score (nSPS) is 31.0. The molecule has 0 aromatic carbocycles. The maximum atomic E-state index is 12.4. The molecule has 2 unspecified atom stereocenters. The quantitative estimate of drug-likeness (QED) is 0.770. The van der Waals surface area contributed by atoms with Gasteiger partial charge in [-0.2, -0.15) is 0 Å². The molecule has 132 valence electrons. The fourth-order valence-electron chi connectivity index (χ4n) is 3.53. The van der Waals surface area contributed by atoms with E-state index in [-0.39, 0.29) is 11.9 Å². The van der Waals surface area contributed by atoms with E-state index in [0.29, 0.717) is 12.1 Å². The Morgan fingerprint density at radius 3 is 2.70 bits per heavy atom. The number of nitrogens with zero attached hydrogens (tertiary/aromatic N) is 3. The third kappa shape index (κ3) is 4.60. The Morgan fingerprint density at radius 1 is 1.26 bits per heavy atom. The second-order valence-electron chi connectivity index (χ2n) is 6.98. The predicted molar refractivity (Wildman–Crippen MR) is 93.7 cm³/mol. The number of amides is 1. The van der Waals surface area contributed by atoms with E-state index < -0.39 is 0 Å². The zero-order valence-corrected chi connectivity index (χ0v) is 15.2. The number of nitrogens with one attached hydrogen (secondary N) is 1. The number of piperazine rings is 1. The molecule has 1 amide bonds. The number of hydrogen-bond acceptors (Lipinski definition) is 6. The van der Waals surface area contributed by atoms with E-state index >= 15 is 0 Å². The van der Waals surface area contributed by atoms with Crippen LogP contribution in [0.15, 0.2) is 0 Å². The SMILES string of the molecule is CC(C)N1CCOC(CN2CCN(C(=O)C3CSCN3)CC2)C1. The van der Waals surface area contributed by atoms with Crippen LogP contribution in [-0.2, 0) is 9.53 Å². The van der Waals surface area contributed by atoms with Crippen LogP contribution in [0.5, 0.6) is 0 Å². The Labute approximate surface area is 143 Å². The molecule has 3 aliphatic heterocycles. The Balaban J connectivity index is 1.41. The molecule has 2 atom stereocenters. The molecule has 0 spiro atoms. The number of hydrogen-bond donors (Lipinski definition) is 1. The van der Waals surface area contributed by atoms with Crippen molar-refractivity contribution >= 4 is 17.7 Å². The number of carbonyl (C=O) groups is 1. The summed E-state index contributed by atoms with van der Waals surface area (Å²) in [5.74, 6) is 2.11. The molecule has 3 saturated heterocycles. The van der Waals surface area contributed by atoms with Crippen molar-refractivity contribution in [1.29, 1.82) is 0 Å². The summed E-state index contributed by atoms with van der Waals surface area (Å²) < 4.78 is 5.94. The first kappa shape index (κ1) is 17.5. The summed E-state index contributed by atoms with van der Waals surface area (Å²) >= 11 is 1.81. The van der Waals surface area contributed by atoms with E-state index in [1.165, 1.54) is 0 Å². The average Bonchev–Trinajstić information content (AvgIpc) is 3.09. The standard InChI is InChI=1S/C16H30N4O2S/c1-13(2)20-7-8-22-14(10-20)9-18-3-5-19(6-4-18)16(21)15-11-23-12-17-15/h13-15,17H,3-12H2,1-2H3. The summed E-state index contributed by atoms with van der Waals surface area (Å²) in [6.07, 6.45) is 0.307. The molecular weight excluding hydrogens is 312 g/mol. The molecule has 0 saturated carbocycles. The van der Waals surface area contributed by atoms with E-state index in [9.17, 15) is 4.79 Å². The van der Waals surface area contributed by atoms with E-state index in [2.05, 4.69) is 29.0 Å². The van der Waals surface area contributed by atoms with Crippen molar-refractivity contribution in [1.82, 2.24) is 20.0 Å². The lowest BCUT2D eigenvalue weighted by Gasteiger charge is -2.40. The zero-order valence-electron chi connectivity index (χ0n) is 14.4. The van der Waals surface area contributed by atoms with Crippen molar-refractivity contribution < 1.29 is 9.53 Å². The molecule has 3 aliphatic rings. The van der Waals surface area contributed by atoms with Gasteiger partial charge in [0.2, 0.25) is 5.91 Å². The van der Waals surface area contributed by atoms with Crippen LogP contribution in [0, 0.1) is 0 Å². The van der Waals surface area contributed by atoms with Gasteiger partial charge in [0, 0.05) is 63.5 Å². The van der Waals surface area contributed by atoms with Crippen LogP contribution in [0.3, 0.4) is 0 Å². The zero-order chi connectivity index (χ0) is 16.2. The van der Waals surface area contributed by atoms with Gasteiger partial charge < -0.3 is 9.64 Å². The summed E-state index contributed by atoms with van der Waals surface area (Å²) in [4.78, 5) is 19.4. The maximum Gasteiger partial charge on any atom is 0.240 e. The highest BCUT2D eigenvalue weighted by atomic mass is 32.2. The highest BCUT2D eigenvalue weighted by Gasteiger charge is 2.31. The van der Waals surface area contributed by atoms with E-state index in [0.717, 1.165) is 64.0 Å². The van der Waals surface area contributed by atoms with E-state index in [4.69, 9.17) is 4.74 Å². The van der Waals surface area contributed by atoms with Crippen molar-refractivity contribution in [3.8, 4) is 0 Å². The monoisotopic (exact) mass is 342 g/mol. The van der Waals surface area contributed by atoms with Crippen molar-refractivity contribution in [2.45, 2.75) is 32.0 Å². The van der Waals surface area contributed by atoms with Crippen molar-refractivity contribution in [3.63, 3.8) is 0 Å². The molecule has 23 heavy (non-hydrogen) atoms. The summed E-state index contributed by atoms with van der Waals surface area (Å²) in [5.41, 5.74) is 0. The van der Waals surface area contributed by atoms with Crippen LogP contribution in [0.1, 0.15) is 13.8 Å². The van der Waals surface area contributed by atoms with Gasteiger partial charge in [0.25, 0.3) is 0 Å². The van der Waals surface area contributed by atoms with Gasteiger partial charge in [0.15, 0.2) is 0 Å². The van der Waals surface area contributed by atoms with E-state index in [1.54, 1.807) is 0 Å². The molecule has 3 heterocycles. The molecule has 6 nitrogen and oxygen atoms in total. The predicted octanol–water partition coefficient (Wildman–Crippen LogP) is -0.0977. The van der Waals surface area contributed by atoms with Gasteiger partial charge in [-0.1, -0.05) is 0 Å². The first-order chi connectivity index (χ1) is 11.1. The van der Waals surface area contributed by atoms with Gasteiger partial charge in [-0.05, 0) is 13.8 Å². The lowest BCUT2D eigenvalue weighted by molar-refractivity contribution is -0.134. The molecule has 0 aromatic heterocycles. The third-order valence-electron chi connectivity index (χ3n) is 5.06. The third-order valence-corrected chi connectivity index (χ3v) is 6.00. The van der Waals surface area contributed by atoms with Crippen LogP contribution in [0.2, 0.25) is 0 Å². The largest absolute Gasteiger partial charge is 0.374 e. The molecule has 0 bridgehead atoms. The minimum Gasteiger partial charge on any atom is -0.374 e. The number of carbonyl (C=O) groups excluding carboxylic acids is 1. The molecule has 3 rings (SSSR count). The van der Waals surface area contributed by atoms with Gasteiger partial charge in [-0.25, -0.2) is 0 Å². The van der Waals surface area contributed by atoms with Gasteiger partial charge in [-0.15, -0.1) is 11.8 Å². The van der Waals surface area contributed by atoms with Crippen LogP contribution >= 0.6 is 11.8 Å². The minimum atomic E-state index is 0.0350. The van der Waals surface area contributed by atoms with Crippen molar-refractivity contribution in [3.05, 3.63) is 0 Å². The van der Waals surface area contributed by atoms with Gasteiger partial charge >= 0.3 is 0 Å². The van der Waals surface area contributed by atoms with Gasteiger partial charge in [0.05, 0.1) is 18.8 Å². The topological polar surface area (TPSA) is 48.1 Å². The summed E-state index contributed by atoms with van der Waals surface area (Å²) in [6, 6.07) is 0.625. The number of thioether (sulfide) groups is 1. The Bertz CT molecular complexity index is 396. The van der Waals surface area contributed by atoms with Crippen LogP contribution in [0.25, 0.3) is 0 Å². The van der Waals surface area contributed by atoms with Crippen molar-refractivity contribution in [2.24, 2.45) is 0 Å². The number of morpholine rings is 1. The molecule has 7 heteroatoms. The molecular formula is C16H30N4O2S. The van der Waals surface area contributed by atoms with Crippen LogP contribution in [0.4, 0.5) is 0 Å². The number of ether oxygens (including phenoxy) is 1. The summed E-state index contributed by atoms with van der Waals surface area (Å²) in [7, 11) is 0. The smallest absolute Gasteiger partial charge is 0.240 e. The Kier molecular flexibility index (Phi) is 6.20. The maximum absolute atomic E-state index is 12.4. The first-order valence-corrected chi connectivity index (χ1v) is 9.97. The molecule has 0 aliphatic carbocycles. The Morgan fingerprint density at radius 2 is 2.04 bits per heavy atom. The molecule has 3 fully saturated rings. The molecule has 0 aromatic rings. The van der Waals surface area contributed by atoms with Gasteiger partial charge in [0.1, 0.15) is 0 Å². The average molecular weight is 343 g/mol. The fourth-order valence-corrected chi connectivity index (χ4v) is 4.47. The summed E-state index contributed by atoms with van der Waals surface area (Å²) in [5, 5.41) is 3.28. The van der Waals surface area contributed by atoms with Crippen LogP contribution in [-0.4, -0.2) is 103 Å². The Hall–Kier alpha value is -0.340. The van der Waals surface area contributed by atoms with E-state index in [1.807, 2.05) is 16.7 Å². The number of rotatable bonds is 4.